The number of methoxy groups -OCH3 is 1. The number of thioether (sulfide) groups is 1. The lowest BCUT2D eigenvalue weighted by atomic mass is 10.1. The summed E-state index contributed by atoms with van der Waals surface area (Å²) in [6.45, 7) is 0.503. The molecule has 0 bridgehead atoms. The molecule has 0 aromatic heterocycles. The fourth-order valence-electron chi connectivity index (χ4n) is 2.61. The number of carbonyl (C=O) groups excluding carboxylic acids is 1. The first-order valence-electron chi connectivity index (χ1n) is 7.12. The van der Waals surface area contributed by atoms with Crippen LogP contribution in [0.15, 0.2) is 42.5 Å². The molecule has 1 aliphatic heterocycles. The molecule has 0 radical (unpaired) electrons. The number of para-hydroxylation sites is 1. The van der Waals surface area contributed by atoms with Crippen molar-refractivity contribution in [1.29, 1.82) is 0 Å². The highest BCUT2D eigenvalue weighted by Gasteiger charge is 2.34. The molecule has 1 heterocycles. The molecule has 0 spiro atoms. The minimum Gasteiger partial charge on any atom is -0.496 e. The summed E-state index contributed by atoms with van der Waals surface area (Å²) in [5.74, 6) is -0.310. The zero-order valence-corrected chi connectivity index (χ0v) is 13.3. The molecular weight excluding hydrogens is 320 g/mol. The first kappa shape index (κ1) is 15.8. The molecule has 1 saturated heterocycles. The van der Waals surface area contributed by atoms with Crippen molar-refractivity contribution in [2.45, 2.75) is 5.37 Å². The van der Waals surface area contributed by atoms with Crippen molar-refractivity contribution >= 4 is 17.7 Å². The van der Waals surface area contributed by atoms with Gasteiger partial charge in [0.25, 0.3) is 5.91 Å². The van der Waals surface area contributed by atoms with Gasteiger partial charge in [0.15, 0.2) is 0 Å². The highest BCUT2D eigenvalue weighted by atomic mass is 32.2. The molecule has 6 heteroatoms. The Morgan fingerprint density at radius 2 is 2.04 bits per heavy atom. The smallest absolute Gasteiger partial charge is 0.258 e. The Morgan fingerprint density at radius 3 is 2.78 bits per heavy atom. The van der Waals surface area contributed by atoms with Crippen molar-refractivity contribution in [1.82, 2.24) is 4.90 Å². The van der Waals surface area contributed by atoms with Crippen molar-refractivity contribution in [3.63, 3.8) is 0 Å². The van der Waals surface area contributed by atoms with E-state index in [2.05, 4.69) is 0 Å². The lowest BCUT2D eigenvalue weighted by Gasteiger charge is -2.25. The molecule has 2 aromatic carbocycles. The molecule has 0 saturated carbocycles. The zero-order chi connectivity index (χ0) is 16.4. The van der Waals surface area contributed by atoms with E-state index in [9.17, 15) is 13.6 Å². The van der Waals surface area contributed by atoms with Crippen LogP contribution in [0.5, 0.6) is 5.75 Å². The number of nitrogens with zero attached hydrogens (tertiary/aromatic N) is 1. The van der Waals surface area contributed by atoms with Crippen LogP contribution >= 0.6 is 11.8 Å². The Balaban J connectivity index is 1.94. The van der Waals surface area contributed by atoms with E-state index in [0.29, 0.717) is 29.2 Å². The average molecular weight is 335 g/mol. The van der Waals surface area contributed by atoms with E-state index in [-0.39, 0.29) is 5.91 Å². The number of rotatable bonds is 3. The van der Waals surface area contributed by atoms with E-state index in [1.165, 1.54) is 31.0 Å². The van der Waals surface area contributed by atoms with Crippen molar-refractivity contribution < 1.29 is 18.3 Å². The zero-order valence-electron chi connectivity index (χ0n) is 12.5. The second kappa shape index (κ2) is 6.58. The highest BCUT2D eigenvalue weighted by Crippen LogP contribution is 2.40. The number of halogens is 2. The first-order chi connectivity index (χ1) is 11.1. The Hall–Kier alpha value is -2.08. The fourth-order valence-corrected chi connectivity index (χ4v) is 3.89. The quantitative estimate of drug-likeness (QED) is 0.853. The summed E-state index contributed by atoms with van der Waals surface area (Å²) in [4.78, 5) is 14.4. The normalized spacial score (nSPS) is 17.3. The van der Waals surface area contributed by atoms with E-state index in [1.807, 2.05) is 0 Å². The predicted molar refractivity (Wildman–Crippen MR) is 85.6 cm³/mol. The van der Waals surface area contributed by atoms with Crippen LogP contribution in [0.3, 0.4) is 0 Å². The van der Waals surface area contributed by atoms with Gasteiger partial charge in [-0.15, -0.1) is 11.8 Å². The van der Waals surface area contributed by atoms with E-state index < -0.39 is 17.0 Å². The van der Waals surface area contributed by atoms with Crippen LogP contribution in [0.25, 0.3) is 0 Å². The molecule has 0 N–H and O–H groups in total. The monoisotopic (exact) mass is 335 g/mol. The summed E-state index contributed by atoms with van der Waals surface area (Å²) in [5, 5.41) is -0.465. The van der Waals surface area contributed by atoms with Gasteiger partial charge in [0, 0.05) is 23.9 Å². The van der Waals surface area contributed by atoms with Gasteiger partial charge in [0.05, 0.1) is 12.7 Å². The SMILES string of the molecule is COc1ccccc1C(=O)N1CCSC1c1ccc(F)cc1F. The molecular formula is C17H15F2NO2S. The minimum absolute atomic E-state index is 0.221. The molecule has 1 amide bonds. The van der Waals surface area contributed by atoms with Gasteiger partial charge in [-0.3, -0.25) is 4.79 Å². The first-order valence-corrected chi connectivity index (χ1v) is 8.17. The van der Waals surface area contributed by atoms with E-state index in [0.717, 1.165) is 6.07 Å². The summed E-state index contributed by atoms with van der Waals surface area (Å²) < 4.78 is 32.4. The van der Waals surface area contributed by atoms with Crippen molar-refractivity contribution in [3.05, 3.63) is 65.2 Å². The molecule has 3 nitrogen and oxygen atoms in total. The maximum Gasteiger partial charge on any atom is 0.258 e. The number of ether oxygens (including phenoxy) is 1. The van der Waals surface area contributed by atoms with Gasteiger partial charge < -0.3 is 9.64 Å². The maximum atomic E-state index is 14.1. The van der Waals surface area contributed by atoms with Gasteiger partial charge in [-0.05, 0) is 18.2 Å². The van der Waals surface area contributed by atoms with Crippen LogP contribution in [-0.2, 0) is 0 Å². The number of benzene rings is 2. The summed E-state index contributed by atoms with van der Waals surface area (Å²) in [5.41, 5.74) is 0.752. The van der Waals surface area contributed by atoms with Crippen molar-refractivity contribution in [3.8, 4) is 5.75 Å². The number of hydrogen-bond acceptors (Lipinski definition) is 3. The Labute approximate surface area is 137 Å². The molecule has 1 unspecified atom stereocenters. The van der Waals surface area contributed by atoms with E-state index >= 15 is 0 Å². The number of amides is 1. The maximum absolute atomic E-state index is 14.1. The average Bonchev–Trinajstić information content (AvgIpc) is 3.03. The topological polar surface area (TPSA) is 29.5 Å². The van der Waals surface area contributed by atoms with E-state index in [1.54, 1.807) is 29.2 Å². The Bertz CT molecular complexity index is 738. The number of hydrogen-bond donors (Lipinski definition) is 0. The summed E-state index contributed by atoms with van der Waals surface area (Å²) in [6, 6.07) is 10.4. The molecule has 2 aromatic rings. The predicted octanol–water partition coefficient (Wildman–Crippen LogP) is 3.86. The standard InChI is InChI=1S/C17H15F2NO2S/c1-22-15-5-3-2-4-13(15)16(21)20-8-9-23-17(20)12-7-6-11(18)10-14(12)19/h2-7,10,17H,8-9H2,1H3. The molecule has 0 aliphatic carbocycles. The van der Waals surface area contributed by atoms with Crippen LogP contribution in [0, 0.1) is 11.6 Å². The fraction of sp³-hybridized carbons (Fsp3) is 0.235. The van der Waals surface area contributed by atoms with Crippen LogP contribution in [0.4, 0.5) is 8.78 Å². The Kier molecular flexibility index (Phi) is 4.52. The second-order valence-electron chi connectivity index (χ2n) is 5.09. The largest absolute Gasteiger partial charge is 0.496 e. The van der Waals surface area contributed by atoms with E-state index in [4.69, 9.17) is 4.74 Å². The summed E-state index contributed by atoms with van der Waals surface area (Å²) >= 11 is 1.46. The molecule has 1 aliphatic rings. The molecule has 3 rings (SSSR count). The molecule has 1 fully saturated rings. The lowest BCUT2D eigenvalue weighted by Crippen LogP contribution is -2.31. The van der Waals surface area contributed by atoms with Gasteiger partial charge >= 0.3 is 0 Å². The molecule has 23 heavy (non-hydrogen) atoms. The van der Waals surface area contributed by atoms with Crippen LogP contribution in [-0.4, -0.2) is 30.2 Å². The van der Waals surface area contributed by atoms with Crippen LogP contribution < -0.4 is 4.74 Å². The van der Waals surface area contributed by atoms with Crippen LogP contribution in [0.2, 0.25) is 0 Å². The van der Waals surface area contributed by atoms with Crippen LogP contribution in [0.1, 0.15) is 21.3 Å². The molecule has 1 atom stereocenters. The van der Waals surface area contributed by atoms with Gasteiger partial charge in [-0.1, -0.05) is 18.2 Å². The second-order valence-corrected chi connectivity index (χ2v) is 6.28. The lowest BCUT2D eigenvalue weighted by molar-refractivity contribution is 0.0755. The summed E-state index contributed by atoms with van der Waals surface area (Å²) in [7, 11) is 1.50. The number of carbonyl (C=O) groups is 1. The summed E-state index contributed by atoms with van der Waals surface area (Å²) in [6.07, 6.45) is 0. The third-order valence-corrected chi connectivity index (χ3v) is 4.96. The minimum atomic E-state index is -0.637. The van der Waals surface area contributed by atoms with Crippen molar-refractivity contribution in [2.24, 2.45) is 0 Å². The third-order valence-electron chi connectivity index (χ3n) is 3.72. The Morgan fingerprint density at radius 1 is 1.26 bits per heavy atom. The third kappa shape index (κ3) is 3.03. The van der Waals surface area contributed by atoms with Gasteiger partial charge in [0.2, 0.25) is 0 Å². The highest BCUT2D eigenvalue weighted by molar-refractivity contribution is 7.99. The van der Waals surface area contributed by atoms with Crippen molar-refractivity contribution in [2.75, 3.05) is 19.4 Å². The molecule has 120 valence electrons. The van der Waals surface area contributed by atoms with Gasteiger partial charge in [-0.2, -0.15) is 0 Å². The van der Waals surface area contributed by atoms with Gasteiger partial charge in [-0.25, -0.2) is 8.78 Å². The van der Waals surface area contributed by atoms with Gasteiger partial charge in [0.1, 0.15) is 22.8 Å².